The Kier molecular flexibility index (Phi) is 4.48. The zero-order valence-corrected chi connectivity index (χ0v) is 12.1. The molecule has 0 fully saturated rings. The number of rotatable bonds is 3. The summed E-state index contributed by atoms with van der Waals surface area (Å²) in [5, 5.41) is 3.01. The average Bonchev–Trinajstić information content (AvgIpc) is 2.35. The topological polar surface area (TPSA) is 32.3 Å². The van der Waals surface area contributed by atoms with Gasteiger partial charge in [-0.05, 0) is 25.2 Å². The molecule has 1 aromatic carbocycles. The predicted octanol–water partition coefficient (Wildman–Crippen LogP) is 2.50. The molecule has 0 aromatic heterocycles. The molecule has 1 heterocycles. The Morgan fingerprint density at radius 3 is 3.18 bits per heavy atom. The van der Waals surface area contributed by atoms with Crippen LogP contribution < -0.4 is 10.2 Å². The maximum atomic E-state index is 12.1. The van der Waals surface area contributed by atoms with E-state index in [-0.39, 0.29) is 5.91 Å². The van der Waals surface area contributed by atoms with Crippen molar-refractivity contribution in [3.05, 3.63) is 22.7 Å². The lowest BCUT2D eigenvalue weighted by Crippen LogP contribution is -2.36. The smallest absolute Gasteiger partial charge is 0.228 e. The number of benzene rings is 1. The molecular formula is C12H15BrN2OS. The molecule has 0 aliphatic carbocycles. The van der Waals surface area contributed by atoms with Crippen LogP contribution in [0.25, 0.3) is 0 Å². The summed E-state index contributed by atoms with van der Waals surface area (Å²) in [7, 11) is 1.86. The van der Waals surface area contributed by atoms with Gasteiger partial charge in [-0.15, -0.1) is 11.8 Å². The second-order valence-electron chi connectivity index (χ2n) is 3.86. The summed E-state index contributed by atoms with van der Waals surface area (Å²) in [6.07, 6.45) is 0.549. The molecule has 3 nitrogen and oxygen atoms in total. The molecule has 92 valence electrons. The van der Waals surface area contributed by atoms with E-state index in [1.165, 1.54) is 4.90 Å². The zero-order valence-electron chi connectivity index (χ0n) is 9.70. The lowest BCUT2D eigenvalue weighted by atomic mass is 10.2. The number of thioether (sulfide) groups is 1. The fourth-order valence-electron chi connectivity index (χ4n) is 1.82. The average molecular weight is 315 g/mol. The second-order valence-corrected chi connectivity index (χ2v) is 5.91. The molecule has 0 spiro atoms. The van der Waals surface area contributed by atoms with Gasteiger partial charge in [-0.2, -0.15) is 0 Å². The highest BCUT2D eigenvalue weighted by molar-refractivity contribution is 9.10. The van der Waals surface area contributed by atoms with Crippen molar-refractivity contribution >= 4 is 39.3 Å². The van der Waals surface area contributed by atoms with Crippen LogP contribution in [0.3, 0.4) is 0 Å². The molecule has 1 N–H and O–H groups in total. The van der Waals surface area contributed by atoms with Crippen LogP contribution in [0.5, 0.6) is 0 Å². The van der Waals surface area contributed by atoms with Crippen LogP contribution in [0.2, 0.25) is 0 Å². The van der Waals surface area contributed by atoms with Gasteiger partial charge < -0.3 is 10.2 Å². The molecule has 0 bridgehead atoms. The molecule has 0 saturated carbocycles. The highest BCUT2D eigenvalue weighted by atomic mass is 79.9. The fourth-order valence-corrected chi connectivity index (χ4v) is 3.14. The Morgan fingerprint density at radius 1 is 1.59 bits per heavy atom. The molecular weight excluding hydrogens is 300 g/mol. The van der Waals surface area contributed by atoms with Crippen molar-refractivity contribution in [1.82, 2.24) is 5.32 Å². The van der Waals surface area contributed by atoms with E-state index in [2.05, 4.69) is 27.3 Å². The number of fused-ring (bicyclic) bond motifs is 1. The first kappa shape index (κ1) is 12.9. The minimum atomic E-state index is 0.194. The Morgan fingerprint density at radius 2 is 2.41 bits per heavy atom. The first-order valence-electron chi connectivity index (χ1n) is 5.59. The van der Waals surface area contributed by atoms with Gasteiger partial charge in [-0.25, -0.2) is 0 Å². The standard InChI is InChI=1S/C12H15BrN2OS/c1-14-5-4-12(16)15-6-7-17-11-3-2-9(13)8-10(11)15/h2-3,8,14H,4-7H2,1H3. The Labute approximate surface area is 114 Å². The van der Waals surface area contributed by atoms with Crippen molar-refractivity contribution in [1.29, 1.82) is 0 Å². The van der Waals surface area contributed by atoms with Gasteiger partial charge in [-0.1, -0.05) is 15.9 Å². The summed E-state index contributed by atoms with van der Waals surface area (Å²) in [4.78, 5) is 15.2. The maximum Gasteiger partial charge on any atom is 0.228 e. The molecule has 1 amide bonds. The van der Waals surface area contributed by atoms with Crippen LogP contribution in [-0.2, 0) is 4.79 Å². The van der Waals surface area contributed by atoms with E-state index < -0.39 is 0 Å². The number of amides is 1. The van der Waals surface area contributed by atoms with E-state index in [1.54, 1.807) is 0 Å². The van der Waals surface area contributed by atoms with Crippen LogP contribution in [0.15, 0.2) is 27.6 Å². The maximum absolute atomic E-state index is 12.1. The zero-order chi connectivity index (χ0) is 12.3. The summed E-state index contributed by atoms with van der Waals surface area (Å²) >= 11 is 5.27. The van der Waals surface area contributed by atoms with Gasteiger partial charge in [0.2, 0.25) is 5.91 Å². The van der Waals surface area contributed by atoms with E-state index >= 15 is 0 Å². The van der Waals surface area contributed by atoms with Crippen LogP contribution in [-0.4, -0.2) is 31.8 Å². The molecule has 5 heteroatoms. The summed E-state index contributed by atoms with van der Waals surface area (Å²) in [5.74, 6) is 1.17. The lowest BCUT2D eigenvalue weighted by molar-refractivity contribution is -0.118. The number of hydrogen-bond acceptors (Lipinski definition) is 3. The summed E-state index contributed by atoms with van der Waals surface area (Å²) in [5.41, 5.74) is 1.04. The van der Waals surface area contributed by atoms with E-state index in [0.717, 1.165) is 29.0 Å². The third-order valence-corrected chi connectivity index (χ3v) is 4.21. The van der Waals surface area contributed by atoms with Gasteiger partial charge >= 0.3 is 0 Å². The lowest BCUT2D eigenvalue weighted by Gasteiger charge is -2.29. The molecule has 0 atom stereocenters. The van der Waals surface area contributed by atoms with Crippen LogP contribution in [0.1, 0.15) is 6.42 Å². The number of anilines is 1. The molecule has 0 unspecified atom stereocenters. The number of carbonyl (C=O) groups excluding carboxylic acids is 1. The third kappa shape index (κ3) is 3.03. The first-order chi connectivity index (χ1) is 8.22. The van der Waals surface area contributed by atoms with Crippen LogP contribution >= 0.6 is 27.7 Å². The van der Waals surface area contributed by atoms with E-state index in [1.807, 2.05) is 35.8 Å². The molecule has 1 aliphatic heterocycles. The van der Waals surface area contributed by atoms with Gasteiger partial charge in [0.15, 0.2) is 0 Å². The highest BCUT2D eigenvalue weighted by Gasteiger charge is 2.22. The van der Waals surface area contributed by atoms with E-state index in [0.29, 0.717) is 6.42 Å². The van der Waals surface area contributed by atoms with E-state index in [4.69, 9.17) is 0 Å². The molecule has 0 saturated heterocycles. The molecule has 1 aliphatic rings. The highest BCUT2D eigenvalue weighted by Crippen LogP contribution is 2.36. The normalized spacial score (nSPS) is 14.6. The molecule has 1 aromatic rings. The Bertz CT molecular complexity index is 425. The number of nitrogens with zero attached hydrogens (tertiary/aromatic N) is 1. The predicted molar refractivity (Wildman–Crippen MR) is 75.8 cm³/mol. The fraction of sp³-hybridized carbons (Fsp3) is 0.417. The Balaban J connectivity index is 2.21. The summed E-state index contributed by atoms with van der Waals surface area (Å²) in [6, 6.07) is 6.12. The van der Waals surface area contributed by atoms with Crippen LogP contribution in [0, 0.1) is 0 Å². The van der Waals surface area contributed by atoms with Gasteiger partial charge in [0.25, 0.3) is 0 Å². The summed E-state index contributed by atoms with van der Waals surface area (Å²) in [6.45, 7) is 1.53. The minimum absolute atomic E-state index is 0.194. The van der Waals surface area contributed by atoms with Gasteiger partial charge in [0, 0.05) is 34.6 Å². The van der Waals surface area contributed by atoms with Crippen LogP contribution in [0.4, 0.5) is 5.69 Å². The first-order valence-corrected chi connectivity index (χ1v) is 7.37. The minimum Gasteiger partial charge on any atom is -0.319 e. The van der Waals surface area contributed by atoms with Crippen molar-refractivity contribution in [3.8, 4) is 0 Å². The van der Waals surface area contributed by atoms with Crippen molar-refractivity contribution < 1.29 is 4.79 Å². The van der Waals surface area contributed by atoms with Crippen molar-refractivity contribution in [3.63, 3.8) is 0 Å². The number of carbonyl (C=O) groups is 1. The monoisotopic (exact) mass is 314 g/mol. The number of halogens is 1. The molecule has 0 radical (unpaired) electrons. The SMILES string of the molecule is CNCCC(=O)N1CCSc2ccc(Br)cc21. The Hall–Kier alpha value is -0.520. The molecule has 17 heavy (non-hydrogen) atoms. The summed E-state index contributed by atoms with van der Waals surface area (Å²) < 4.78 is 1.02. The molecule has 2 rings (SSSR count). The van der Waals surface area contributed by atoms with Crippen molar-refractivity contribution in [2.75, 3.05) is 30.8 Å². The third-order valence-electron chi connectivity index (χ3n) is 2.67. The van der Waals surface area contributed by atoms with Gasteiger partial charge in [-0.3, -0.25) is 4.79 Å². The number of nitrogens with one attached hydrogen (secondary N) is 1. The van der Waals surface area contributed by atoms with Crippen molar-refractivity contribution in [2.45, 2.75) is 11.3 Å². The van der Waals surface area contributed by atoms with Gasteiger partial charge in [0.05, 0.1) is 5.69 Å². The largest absolute Gasteiger partial charge is 0.319 e. The quantitative estimate of drug-likeness (QED) is 0.930. The second kappa shape index (κ2) is 5.89. The van der Waals surface area contributed by atoms with E-state index in [9.17, 15) is 4.79 Å². The number of hydrogen-bond donors (Lipinski definition) is 1. The van der Waals surface area contributed by atoms with Crippen molar-refractivity contribution in [2.24, 2.45) is 0 Å². The van der Waals surface area contributed by atoms with Gasteiger partial charge in [0.1, 0.15) is 0 Å².